The van der Waals surface area contributed by atoms with Crippen molar-refractivity contribution in [2.24, 2.45) is 0 Å². The van der Waals surface area contributed by atoms with E-state index >= 15 is 0 Å². The van der Waals surface area contributed by atoms with Gasteiger partial charge in [0.15, 0.2) is 6.29 Å². The zero-order valence-electron chi connectivity index (χ0n) is 30.3. The van der Waals surface area contributed by atoms with Gasteiger partial charge in [-0.2, -0.15) is 13.2 Å². The van der Waals surface area contributed by atoms with Crippen LogP contribution >= 0.6 is 0 Å². The number of nitrogens with zero attached hydrogens (tertiary/aromatic N) is 2. The number of benzene rings is 4. The average Bonchev–Trinajstić information content (AvgIpc) is 3.69. The molecule has 0 unspecified atom stereocenters. The fourth-order valence-electron chi connectivity index (χ4n) is 7.17. The van der Waals surface area contributed by atoms with Crippen molar-refractivity contribution in [1.29, 1.82) is 0 Å². The van der Waals surface area contributed by atoms with Gasteiger partial charge in [-0.3, -0.25) is 14.5 Å². The molecule has 0 saturated carbocycles. The zero-order valence-corrected chi connectivity index (χ0v) is 30.3. The monoisotopic (exact) mass is 745 g/mol. The second-order valence-electron chi connectivity index (χ2n) is 14.1. The average molecular weight is 746 g/mol. The zero-order chi connectivity index (χ0) is 38.4. The highest BCUT2D eigenvalue weighted by Gasteiger charge is 2.47. The van der Waals surface area contributed by atoms with Crippen LogP contribution in [0, 0.1) is 0 Å². The summed E-state index contributed by atoms with van der Waals surface area (Å²) in [6, 6.07) is 31.2. The molecule has 4 aromatic rings. The molecule has 6 atom stereocenters. The summed E-state index contributed by atoms with van der Waals surface area (Å²) >= 11 is 0. The van der Waals surface area contributed by atoms with Gasteiger partial charge >= 0.3 is 12.1 Å². The molecule has 6 rings (SSSR count). The summed E-state index contributed by atoms with van der Waals surface area (Å²) in [5.74, 6) is -2.61. The van der Waals surface area contributed by atoms with E-state index in [1.807, 2.05) is 117 Å². The van der Waals surface area contributed by atoms with Crippen LogP contribution < -0.4 is 5.32 Å². The molecule has 0 bridgehead atoms. The van der Waals surface area contributed by atoms with Crippen molar-refractivity contribution >= 4 is 11.8 Å². The van der Waals surface area contributed by atoms with Gasteiger partial charge < -0.3 is 29.9 Å². The predicted molar refractivity (Wildman–Crippen MR) is 196 cm³/mol. The first-order chi connectivity index (χ1) is 25.9. The molecule has 2 aliphatic heterocycles. The fourth-order valence-corrected chi connectivity index (χ4v) is 7.17. The molecule has 2 saturated heterocycles. The Labute approximate surface area is 313 Å². The summed E-state index contributed by atoms with van der Waals surface area (Å²) in [7, 11) is 1.97. The van der Waals surface area contributed by atoms with Crippen LogP contribution in [-0.4, -0.2) is 76.3 Å². The van der Waals surface area contributed by atoms with Crippen molar-refractivity contribution in [2.75, 3.05) is 20.1 Å². The van der Waals surface area contributed by atoms with Crippen molar-refractivity contribution < 1.29 is 42.4 Å². The number of nitrogens with one attached hydrogen (secondary N) is 1. The lowest BCUT2D eigenvalue weighted by Gasteiger charge is -2.39. The lowest BCUT2D eigenvalue weighted by molar-refractivity contribution is -0.253. The van der Waals surface area contributed by atoms with Crippen molar-refractivity contribution in [3.05, 3.63) is 131 Å². The number of carbonyl (C=O) groups excluding carboxylic acids is 2. The van der Waals surface area contributed by atoms with Crippen LogP contribution in [0.25, 0.3) is 11.1 Å². The minimum atomic E-state index is -5.03. The number of likely N-dealkylation sites (tertiary alicyclic amines) is 1. The molecule has 2 fully saturated rings. The predicted octanol–water partition coefficient (Wildman–Crippen LogP) is 6.61. The number of hydrogen-bond donors (Lipinski definition) is 3. The van der Waals surface area contributed by atoms with Crippen molar-refractivity contribution in [2.45, 2.75) is 82.2 Å². The van der Waals surface area contributed by atoms with Gasteiger partial charge in [0.25, 0.3) is 0 Å². The van der Waals surface area contributed by atoms with E-state index in [2.05, 4.69) is 10.2 Å². The van der Waals surface area contributed by atoms with E-state index in [0.29, 0.717) is 24.3 Å². The first-order valence-electron chi connectivity index (χ1n) is 18.2. The molecule has 54 heavy (non-hydrogen) atoms. The lowest BCUT2D eigenvalue weighted by Crippen LogP contribution is -2.50. The minimum absolute atomic E-state index is 0.0605. The molecule has 9 nitrogen and oxygen atoms in total. The van der Waals surface area contributed by atoms with Crippen LogP contribution in [0.1, 0.15) is 72.5 Å². The number of halogens is 3. The molecule has 3 N–H and O–H groups in total. The molecular formula is C42H46F3N3O6. The maximum Gasteiger partial charge on any atom is 0.471 e. The van der Waals surface area contributed by atoms with Gasteiger partial charge in [-0.1, -0.05) is 91.0 Å². The SMILES string of the molecule is C[C@@H]([C@H](O)c1ccccc1)N(C)C[C@@H]1C[C@H](c2ccc(CO)cc2)O[C@H](c2cccc(-c3cccc(CNC(=O)[C@@H]4CCCN4C(=O)C(F)(F)F)c3)c2)O1. The lowest BCUT2D eigenvalue weighted by atomic mass is 9.97. The Morgan fingerprint density at radius 1 is 0.907 bits per heavy atom. The number of aliphatic hydroxyl groups excluding tert-OH is 2. The Balaban J connectivity index is 1.17. The Kier molecular flexibility index (Phi) is 12.5. The number of ether oxygens (including phenoxy) is 2. The summed E-state index contributed by atoms with van der Waals surface area (Å²) in [5.41, 5.74) is 5.85. The number of hydrogen-bond acceptors (Lipinski definition) is 7. The molecule has 0 aromatic heterocycles. The second kappa shape index (κ2) is 17.3. The third-order valence-corrected chi connectivity index (χ3v) is 10.3. The van der Waals surface area contributed by atoms with E-state index < -0.39 is 36.4 Å². The largest absolute Gasteiger partial charge is 0.471 e. The van der Waals surface area contributed by atoms with E-state index in [0.717, 1.165) is 38.9 Å². The second-order valence-corrected chi connectivity index (χ2v) is 14.1. The number of rotatable bonds is 12. The van der Waals surface area contributed by atoms with Crippen molar-refractivity contribution in [1.82, 2.24) is 15.1 Å². The highest BCUT2D eigenvalue weighted by Crippen LogP contribution is 2.39. The van der Waals surface area contributed by atoms with Crippen molar-refractivity contribution in [3.63, 3.8) is 0 Å². The van der Waals surface area contributed by atoms with Crippen LogP contribution in [0.15, 0.2) is 103 Å². The number of likely N-dealkylation sites (N-methyl/N-ethyl adjacent to an activating group) is 1. The Bertz CT molecular complexity index is 1880. The van der Waals surface area contributed by atoms with Gasteiger partial charge in [0.05, 0.1) is 24.9 Å². The van der Waals surface area contributed by atoms with E-state index in [1.165, 1.54) is 0 Å². The van der Waals surface area contributed by atoms with E-state index in [1.54, 1.807) is 0 Å². The molecule has 2 amide bonds. The van der Waals surface area contributed by atoms with E-state index in [9.17, 15) is 33.0 Å². The summed E-state index contributed by atoms with van der Waals surface area (Å²) in [6.07, 6.45) is -5.92. The number of carbonyl (C=O) groups is 2. The third-order valence-electron chi connectivity index (χ3n) is 10.3. The number of alkyl halides is 3. The standard InChI is InChI=1S/C42H46F3N3O6/c1-27(38(50)31-10-4-3-5-11-31)47(2)25-35-23-37(30-18-16-28(26-49)17-19-30)54-40(53-35)34-14-7-13-33(22-34)32-12-6-9-29(21-32)24-46-39(51)36-15-8-20-48(36)41(52)42(43,44)45/h3-7,9-14,16-19,21-22,27,35-38,40,49-50H,8,15,20,23-26H2,1-2H3,(H,46,51)/t27-,35-,36-,37+,38-,40+/m0/s1. The molecule has 0 radical (unpaired) electrons. The van der Waals surface area contributed by atoms with Crippen LogP contribution in [0.5, 0.6) is 0 Å². The van der Waals surface area contributed by atoms with Crippen LogP contribution in [0.2, 0.25) is 0 Å². The molecule has 0 spiro atoms. The molecule has 12 heteroatoms. The maximum absolute atomic E-state index is 13.1. The number of amides is 2. The first-order valence-corrected chi connectivity index (χ1v) is 18.2. The van der Waals surface area contributed by atoms with Gasteiger partial charge in [0.1, 0.15) is 6.04 Å². The smallest absolute Gasteiger partial charge is 0.392 e. The van der Waals surface area contributed by atoms with E-state index in [4.69, 9.17) is 9.47 Å². The molecule has 2 aliphatic rings. The first kappa shape index (κ1) is 39.1. The summed E-state index contributed by atoms with van der Waals surface area (Å²) in [4.78, 5) is 27.5. The van der Waals surface area contributed by atoms with Gasteiger partial charge in [0.2, 0.25) is 5.91 Å². The Hall–Kier alpha value is -4.59. The minimum Gasteiger partial charge on any atom is -0.392 e. The molecule has 2 heterocycles. The van der Waals surface area contributed by atoms with Gasteiger partial charge in [-0.05, 0) is 72.3 Å². The molecular weight excluding hydrogens is 699 g/mol. The molecule has 0 aliphatic carbocycles. The maximum atomic E-state index is 13.1. The summed E-state index contributed by atoms with van der Waals surface area (Å²) in [5, 5.41) is 23.4. The van der Waals surface area contributed by atoms with Crippen molar-refractivity contribution in [3.8, 4) is 11.1 Å². The molecule has 4 aromatic carbocycles. The third kappa shape index (κ3) is 9.37. The quantitative estimate of drug-likeness (QED) is 0.150. The summed E-state index contributed by atoms with van der Waals surface area (Å²) < 4.78 is 52.5. The van der Waals surface area contributed by atoms with Gasteiger partial charge in [0, 0.05) is 37.7 Å². The van der Waals surface area contributed by atoms with Crippen LogP contribution in [0.3, 0.4) is 0 Å². The normalized spacial score (nSPS) is 21.5. The van der Waals surface area contributed by atoms with Gasteiger partial charge in [-0.25, -0.2) is 0 Å². The topological polar surface area (TPSA) is 112 Å². The fraction of sp³-hybridized carbons (Fsp3) is 0.381. The van der Waals surface area contributed by atoms with Crippen LogP contribution in [0.4, 0.5) is 13.2 Å². The highest BCUT2D eigenvalue weighted by molar-refractivity contribution is 5.90. The molecule has 286 valence electrons. The Morgan fingerprint density at radius 3 is 2.31 bits per heavy atom. The highest BCUT2D eigenvalue weighted by atomic mass is 19.4. The summed E-state index contributed by atoms with van der Waals surface area (Å²) in [6.45, 7) is 2.43. The van der Waals surface area contributed by atoms with E-state index in [-0.39, 0.29) is 44.4 Å². The van der Waals surface area contributed by atoms with Gasteiger partial charge in [-0.15, -0.1) is 0 Å². The van der Waals surface area contributed by atoms with Crippen LogP contribution in [-0.2, 0) is 32.2 Å². The Morgan fingerprint density at radius 2 is 1.61 bits per heavy atom. The number of aliphatic hydroxyl groups is 2.